The summed E-state index contributed by atoms with van der Waals surface area (Å²) in [6, 6.07) is 8.33. The van der Waals surface area contributed by atoms with Gasteiger partial charge in [-0.1, -0.05) is 43.8 Å². The fraction of sp³-hybridized carbons (Fsp3) is 0.524. The Kier molecular flexibility index (Phi) is 10.6. The maximum absolute atomic E-state index is 12.9. The van der Waals surface area contributed by atoms with Crippen LogP contribution in [0.5, 0.6) is 5.75 Å². The number of hydrogen-bond acceptors (Lipinski definition) is 9. The van der Waals surface area contributed by atoms with Crippen LogP contribution in [0.1, 0.15) is 33.1 Å². The molecular formula is C21H29N2O9PS. The number of benzene rings is 1. The molecule has 1 aliphatic rings. The third-order valence-corrected chi connectivity index (χ3v) is 6.90. The van der Waals surface area contributed by atoms with E-state index < -0.39 is 31.2 Å². The van der Waals surface area contributed by atoms with Crippen molar-refractivity contribution in [3.63, 3.8) is 0 Å². The molecule has 188 valence electrons. The molecule has 0 aliphatic carbocycles. The molecule has 0 spiro atoms. The molecule has 0 bridgehead atoms. The highest BCUT2D eigenvalue weighted by atomic mass is 32.2. The molecule has 2 amide bonds. The lowest BCUT2D eigenvalue weighted by molar-refractivity contribution is -0.140. The molecule has 1 heterocycles. The van der Waals surface area contributed by atoms with Crippen LogP contribution in [-0.4, -0.2) is 59.6 Å². The predicted octanol–water partition coefficient (Wildman–Crippen LogP) is 2.36. The molecule has 13 heteroatoms. The van der Waals surface area contributed by atoms with E-state index in [0.717, 1.165) is 11.8 Å². The molecule has 1 aromatic carbocycles. The first-order valence-corrected chi connectivity index (χ1v) is 13.0. The summed E-state index contributed by atoms with van der Waals surface area (Å²) in [7, 11) is -4.02. The van der Waals surface area contributed by atoms with Gasteiger partial charge in [-0.3, -0.25) is 28.2 Å². The van der Waals surface area contributed by atoms with Gasteiger partial charge in [0, 0.05) is 37.1 Å². The zero-order chi connectivity index (χ0) is 25.2. The van der Waals surface area contributed by atoms with Gasteiger partial charge < -0.3 is 20.3 Å². The molecule has 2 atom stereocenters. The molecule has 11 nitrogen and oxygen atoms in total. The van der Waals surface area contributed by atoms with Crippen LogP contribution in [0.15, 0.2) is 30.3 Å². The van der Waals surface area contributed by atoms with E-state index >= 15 is 0 Å². The molecular weight excluding hydrogens is 487 g/mol. The van der Waals surface area contributed by atoms with E-state index in [-0.39, 0.29) is 55.7 Å². The number of thioether (sulfide) groups is 1. The summed E-state index contributed by atoms with van der Waals surface area (Å²) in [6.07, 6.45) is -1.41. The zero-order valence-electron chi connectivity index (χ0n) is 19.0. The SMILES string of the molecule is CC1(C)COP(=O)(Oc2ccccc2)O[C@H]1C(=O)NCCC(=O)NCCSC(=O)CCC(=O)O. The number of para-hydroxylation sites is 1. The second kappa shape index (κ2) is 12.9. The first-order chi connectivity index (χ1) is 16.0. The molecule has 0 aromatic heterocycles. The molecule has 0 saturated carbocycles. The summed E-state index contributed by atoms with van der Waals surface area (Å²) >= 11 is 0.954. The van der Waals surface area contributed by atoms with E-state index in [4.69, 9.17) is 18.7 Å². The molecule has 0 radical (unpaired) electrons. The highest BCUT2D eigenvalue weighted by Crippen LogP contribution is 2.56. The van der Waals surface area contributed by atoms with Crippen molar-refractivity contribution in [1.82, 2.24) is 10.6 Å². The maximum Gasteiger partial charge on any atom is 0.530 e. The van der Waals surface area contributed by atoms with Crippen LogP contribution in [0.2, 0.25) is 0 Å². The fourth-order valence-corrected chi connectivity index (χ4v) is 5.15. The summed E-state index contributed by atoms with van der Waals surface area (Å²) in [5, 5.41) is 13.5. The first-order valence-electron chi connectivity index (χ1n) is 10.6. The van der Waals surface area contributed by atoms with Crippen LogP contribution >= 0.6 is 19.6 Å². The van der Waals surface area contributed by atoms with Crippen LogP contribution in [0.25, 0.3) is 0 Å². The van der Waals surface area contributed by atoms with Crippen LogP contribution in [0.3, 0.4) is 0 Å². The molecule has 1 unspecified atom stereocenters. The fourth-order valence-electron chi connectivity index (χ4n) is 2.80. The highest BCUT2D eigenvalue weighted by molar-refractivity contribution is 8.13. The van der Waals surface area contributed by atoms with Gasteiger partial charge in [0.1, 0.15) is 5.75 Å². The molecule has 2 rings (SSSR count). The van der Waals surface area contributed by atoms with Crippen molar-refractivity contribution < 1.29 is 42.4 Å². The van der Waals surface area contributed by atoms with Gasteiger partial charge >= 0.3 is 13.8 Å². The van der Waals surface area contributed by atoms with E-state index in [1.165, 1.54) is 0 Å². The number of carboxylic acids is 1. The van der Waals surface area contributed by atoms with Crippen molar-refractivity contribution >= 4 is 42.5 Å². The average Bonchev–Trinajstić information content (AvgIpc) is 2.78. The van der Waals surface area contributed by atoms with Gasteiger partial charge in [-0.25, -0.2) is 4.57 Å². The third-order valence-electron chi connectivity index (χ3n) is 4.62. The predicted molar refractivity (Wildman–Crippen MR) is 124 cm³/mol. The van der Waals surface area contributed by atoms with Crippen molar-refractivity contribution in [1.29, 1.82) is 0 Å². The normalized spacial score (nSPS) is 21.3. The highest BCUT2D eigenvalue weighted by Gasteiger charge is 2.49. The lowest BCUT2D eigenvalue weighted by Crippen LogP contribution is -2.50. The molecule has 34 heavy (non-hydrogen) atoms. The van der Waals surface area contributed by atoms with Crippen molar-refractivity contribution in [3.05, 3.63) is 30.3 Å². The number of aliphatic carboxylic acids is 1. The van der Waals surface area contributed by atoms with Gasteiger partial charge in [0.05, 0.1) is 13.0 Å². The lowest BCUT2D eigenvalue weighted by atomic mass is 9.87. The number of hydrogen-bond donors (Lipinski definition) is 3. The molecule has 1 aromatic rings. The smallest absolute Gasteiger partial charge is 0.481 e. The first kappa shape index (κ1) is 27.8. The minimum absolute atomic E-state index is 0.00874. The van der Waals surface area contributed by atoms with Crippen LogP contribution in [-0.2, 0) is 32.8 Å². The summed E-state index contributed by atoms with van der Waals surface area (Å²) in [5.41, 5.74) is -0.787. The number of phosphoric ester groups is 1. The second-order valence-electron chi connectivity index (χ2n) is 8.10. The third kappa shape index (κ3) is 9.46. The van der Waals surface area contributed by atoms with E-state index in [1.807, 2.05) is 0 Å². The quantitative estimate of drug-likeness (QED) is 0.278. The Hall–Kier alpha value is -2.40. The Morgan fingerprint density at radius 3 is 2.50 bits per heavy atom. The zero-order valence-corrected chi connectivity index (χ0v) is 20.7. The van der Waals surface area contributed by atoms with Crippen molar-refractivity contribution in [3.8, 4) is 5.75 Å². The van der Waals surface area contributed by atoms with Gasteiger partial charge in [-0.05, 0) is 12.1 Å². The number of rotatable bonds is 12. The number of phosphoric acid groups is 1. The van der Waals surface area contributed by atoms with Crippen molar-refractivity contribution in [2.45, 2.75) is 39.2 Å². The summed E-state index contributed by atoms with van der Waals surface area (Å²) in [5.74, 6) is -1.31. The van der Waals surface area contributed by atoms with Crippen molar-refractivity contribution in [2.24, 2.45) is 5.41 Å². The average molecular weight is 517 g/mol. The Morgan fingerprint density at radius 2 is 1.82 bits per heavy atom. The van der Waals surface area contributed by atoms with E-state index in [2.05, 4.69) is 10.6 Å². The number of carbonyl (C=O) groups is 4. The number of carbonyl (C=O) groups excluding carboxylic acids is 3. The largest absolute Gasteiger partial charge is 0.530 e. The number of nitrogens with one attached hydrogen (secondary N) is 2. The number of amides is 2. The lowest BCUT2D eigenvalue weighted by Gasteiger charge is -2.39. The molecule has 3 N–H and O–H groups in total. The van der Waals surface area contributed by atoms with E-state index in [9.17, 15) is 23.7 Å². The van der Waals surface area contributed by atoms with Gasteiger partial charge in [-0.2, -0.15) is 0 Å². The van der Waals surface area contributed by atoms with Gasteiger partial charge in [0.2, 0.25) is 5.91 Å². The van der Waals surface area contributed by atoms with Crippen molar-refractivity contribution in [2.75, 3.05) is 25.4 Å². The second-order valence-corrected chi connectivity index (χ2v) is 10.8. The Morgan fingerprint density at radius 1 is 1.12 bits per heavy atom. The monoisotopic (exact) mass is 516 g/mol. The number of carboxylic acid groups (broad SMARTS) is 1. The summed E-state index contributed by atoms with van der Waals surface area (Å²) in [4.78, 5) is 46.6. The standard InChI is InChI=1S/C21H29N2O9PS/c1-21(2)14-30-33(29,31-15-6-4-3-5-7-15)32-19(21)20(28)23-11-10-16(24)22-12-13-34-18(27)9-8-17(25)26/h3-7,19H,8-14H2,1-2H3,(H,22,24)(H,23,28)(H,25,26)/t19-,33?/m0/s1. The van der Waals surface area contributed by atoms with E-state index in [0.29, 0.717) is 5.75 Å². The molecule has 1 saturated heterocycles. The molecule has 1 fully saturated rings. The van der Waals surface area contributed by atoms with E-state index in [1.54, 1.807) is 44.2 Å². The summed E-state index contributed by atoms with van der Waals surface area (Å²) < 4.78 is 29.1. The summed E-state index contributed by atoms with van der Waals surface area (Å²) in [6.45, 7) is 3.68. The topological polar surface area (TPSA) is 157 Å². The van der Waals surface area contributed by atoms with Crippen LogP contribution in [0, 0.1) is 5.41 Å². The Labute approximate surface area is 201 Å². The minimum atomic E-state index is -4.02. The van der Waals surface area contributed by atoms with Gasteiger partial charge in [-0.15, -0.1) is 0 Å². The van der Waals surface area contributed by atoms with Gasteiger partial charge in [0.15, 0.2) is 11.2 Å². The Balaban J connectivity index is 1.74. The maximum atomic E-state index is 12.9. The minimum Gasteiger partial charge on any atom is -0.481 e. The van der Waals surface area contributed by atoms with Crippen LogP contribution < -0.4 is 15.2 Å². The van der Waals surface area contributed by atoms with Gasteiger partial charge in [0.25, 0.3) is 5.91 Å². The Bertz CT molecular complexity index is 926. The molecule has 1 aliphatic heterocycles. The van der Waals surface area contributed by atoms with Crippen LogP contribution in [0.4, 0.5) is 0 Å².